The summed E-state index contributed by atoms with van der Waals surface area (Å²) in [5.74, 6) is -0.795. The van der Waals surface area contributed by atoms with Crippen molar-refractivity contribution in [2.45, 2.75) is 20.3 Å². The lowest BCUT2D eigenvalue weighted by Gasteiger charge is -2.09. The van der Waals surface area contributed by atoms with Crippen molar-refractivity contribution in [1.82, 2.24) is 5.43 Å². The molecule has 0 atom stereocenters. The highest BCUT2D eigenvalue weighted by Crippen LogP contribution is 2.16. The Kier molecular flexibility index (Phi) is 7.90. The minimum atomic E-state index is -0.549. The van der Waals surface area contributed by atoms with Gasteiger partial charge in [0.05, 0.1) is 24.8 Å². The summed E-state index contributed by atoms with van der Waals surface area (Å²) < 4.78 is 10.0. The minimum Gasteiger partial charge on any atom is -0.484 e. The second kappa shape index (κ2) is 10.6. The number of rotatable bonds is 8. The largest absolute Gasteiger partial charge is 0.484 e. The molecule has 0 bridgehead atoms. The van der Waals surface area contributed by atoms with Crippen molar-refractivity contribution in [2.75, 3.05) is 19.0 Å². The van der Waals surface area contributed by atoms with Gasteiger partial charge in [0.1, 0.15) is 5.75 Å². The first kappa shape index (κ1) is 21.6. The van der Waals surface area contributed by atoms with Gasteiger partial charge in [0.15, 0.2) is 6.61 Å². The summed E-state index contributed by atoms with van der Waals surface area (Å²) in [6, 6.07) is 13.8. The number of amides is 2. The Labute approximate surface area is 168 Å². The summed E-state index contributed by atoms with van der Waals surface area (Å²) >= 11 is 0. The van der Waals surface area contributed by atoms with Crippen LogP contribution in [0.3, 0.4) is 0 Å². The molecule has 0 saturated carbocycles. The average molecular weight is 397 g/mol. The minimum absolute atomic E-state index is 0.0609. The molecule has 2 N–H and O–H groups in total. The van der Waals surface area contributed by atoms with Crippen molar-refractivity contribution in [2.24, 2.45) is 5.10 Å². The van der Waals surface area contributed by atoms with Gasteiger partial charge in [-0.2, -0.15) is 5.10 Å². The van der Waals surface area contributed by atoms with Crippen LogP contribution in [-0.2, 0) is 14.3 Å². The maximum absolute atomic E-state index is 12.2. The number of nitrogens with zero attached hydrogens (tertiary/aromatic N) is 1. The molecule has 0 radical (unpaired) electrons. The number of ether oxygens (including phenoxy) is 2. The van der Waals surface area contributed by atoms with E-state index in [1.165, 1.54) is 7.11 Å². The third-order valence-electron chi connectivity index (χ3n) is 3.79. The molecular weight excluding hydrogens is 374 g/mol. The van der Waals surface area contributed by atoms with E-state index in [2.05, 4.69) is 15.8 Å². The maximum Gasteiger partial charge on any atom is 0.339 e. The Morgan fingerprint density at radius 2 is 1.69 bits per heavy atom. The van der Waals surface area contributed by atoms with E-state index in [1.807, 2.05) is 19.1 Å². The molecule has 0 spiro atoms. The standard InChI is InChI=1S/C21H23N3O5/c1-14-8-10-16(11-9-14)29-13-20(26)24-23-15(2)12-19(25)22-18-7-5-4-6-17(18)21(27)28-3/h4-11H,12-13H2,1-3H3,(H,22,25)(H,24,26)/b23-15+. The first-order valence-corrected chi connectivity index (χ1v) is 8.87. The summed E-state index contributed by atoms with van der Waals surface area (Å²) in [6.45, 7) is 3.36. The van der Waals surface area contributed by atoms with Crippen LogP contribution in [0, 0.1) is 6.92 Å². The molecule has 2 rings (SSSR count). The number of hydrogen-bond donors (Lipinski definition) is 2. The second-order valence-electron chi connectivity index (χ2n) is 6.25. The molecule has 2 aromatic carbocycles. The Hall–Kier alpha value is -3.68. The second-order valence-corrected chi connectivity index (χ2v) is 6.25. The first-order chi connectivity index (χ1) is 13.9. The number of esters is 1. The summed E-state index contributed by atoms with van der Waals surface area (Å²) in [7, 11) is 1.27. The van der Waals surface area contributed by atoms with Crippen LogP contribution < -0.4 is 15.5 Å². The van der Waals surface area contributed by atoms with Gasteiger partial charge in [-0.3, -0.25) is 9.59 Å². The van der Waals surface area contributed by atoms with Gasteiger partial charge >= 0.3 is 5.97 Å². The number of hydrazone groups is 1. The Balaban J connectivity index is 1.83. The van der Waals surface area contributed by atoms with Gasteiger partial charge in [0, 0.05) is 5.71 Å². The monoisotopic (exact) mass is 397 g/mol. The zero-order valence-corrected chi connectivity index (χ0v) is 16.5. The van der Waals surface area contributed by atoms with Crippen molar-refractivity contribution in [3.63, 3.8) is 0 Å². The number of benzene rings is 2. The third kappa shape index (κ3) is 7.10. The number of methoxy groups -OCH3 is 1. The number of anilines is 1. The molecule has 0 aromatic heterocycles. The highest BCUT2D eigenvalue weighted by Gasteiger charge is 2.13. The molecule has 8 nitrogen and oxygen atoms in total. The van der Waals surface area contributed by atoms with Crippen molar-refractivity contribution in [1.29, 1.82) is 0 Å². The van der Waals surface area contributed by atoms with Gasteiger partial charge in [0.25, 0.3) is 5.91 Å². The van der Waals surface area contributed by atoms with Crippen LogP contribution in [0.4, 0.5) is 5.69 Å². The van der Waals surface area contributed by atoms with Crippen LogP contribution in [0.15, 0.2) is 53.6 Å². The average Bonchev–Trinajstić information content (AvgIpc) is 2.71. The van der Waals surface area contributed by atoms with Gasteiger partial charge in [-0.25, -0.2) is 10.2 Å². The van der Waals surface area contributed by atoms with E-state index < -0.39 is 11.9 Å². The van der Waals surface area contributed by atoms with Crippen LogP contribution in [0.1, 0.15) is 29.3 Å². The van der Waals surface area contributed by atoms with Crippen LogP contribution in [0.2, 0.25) is 0 Å². The van der Waals surface area contributed by atoms with Gasteiger partial charge in [-0.1, -0.05) is 29.8 Å². The lowest BCUT2D eigenvalue weighted by Crippen LogP contribution is -2.26. The molecular formula is C21H23N3O5. The van der Waals surface area contributed by atoms with E-state index in [-0.39, 0.29) is 24.5 Å². The Bertz CT molecular complexity index is 907. The van der Waals surface area contributed by atoms with E-state index in [0.717, 1.165) is 5.56 Å². The summed E-state index contributed by atoms with van der Waals surface area (Å²) in [6.07, 6.45) is -0.0609. The maximum atomic E-state index is 12.2. The molecule has 0 aliphatic heterocycles. The summed E-state index contributed by atoms with van der Waals surface area (Å²) in [5, 5.41) is 6.53. The molecule has 0 fully saturated rings. The van der Waals surface area contributed by atoms with Crippen LogP contribution in [0.25, 0.3) is 0 Å². The fourth-order valence-electron chi connectivity index (χ4n) is 2.32. The van der Waals surface area contributed by atoms with Crippen LogP contribution >= 0.6 is 0 Å². The van der Waals surface area contributed by atoms with Gasteiger partial charge in [-0.15, -0.1) is 0 Å². The zero-order valence-electron chi connectivity index (χ0n) is 16.5. The van der Waals surface area contributed by atoms with Crippen molar-refractivity contribution < 1.29 is 23.9 Å². The topological polar surface area (TPSA) is 106 Å². The fourth-order valence-corrected chi connectivity index (χ4v) is 2.32. The fraction of sp³-hybridized carbons (Fsp3) is 0.238. The molecule has 2 amide bonds. The quantitative estimate of drug-likeness (QED) is 0.405. The normalized spacial score (nSPS) is 10.8. The Morgan fingerprint density at radius 3 is 2.38 bits per heavy atom. The van der Waals surface area contributed by atoms with Gasteiger partial charge in [0.2, 0.25) is 5.91 Å². The molecule has 0 saturated heterocycles. The van der Waals surface area contributed by atoms with Crippen LogP contribution in [-0.4, -0.2) is 37.2 Å². The van der Waals surface area contributed by atoms with Crippen LogP contribution in [0.5, 0.6) is 5.75 Å². The predicted octanol–water partition coefficient (Wildman–Crippen LogP) is 2.68. The molecule has 0 unspecified atom stereocenters. The molecule has 0 aliphatic rings. The third-order valence-corrected chi connectivity index (χ3v) is 3.79. The van der Waals surface area contributed by atoms with E-state index >= 15 is 0 Å². The number of carbonyl (C=O) groups excluding carboxylic acids is 3. The highest BCUT2D eigenvalue weighted by molar-refractivity contribution is 6.08. The summed E-state index contributed by atoms with van der Waals surface area (Å²) in [4.78, 5) is 35.7. The zero-order chi connectivity index (χ0) is 21.2. The highest BCUT2D eigenvalue weighted by atomic mass is 16.5. The lowest BCUT2D eigenvalue weighted by atomic mass is 10.1. The smallest absolute Gasteiger partial charge is 0.339 e. The first-order valence-electron chi connectivity index (χ1n) is 8.87. The molecule has 152 valence electrons. The molecule has 0 aliphatic carbocycles. The predicted molar refractivity (Wildman–Crippen MR) is 109 cm³/mol. The van der Waals surface area contributed by atoms with E-state index in [4.69, 9.17) is 9.47 Å². The number of hydrogen-bond acceptors (Lipinski definition) is 6. The molecule has 2 aromatic rings. The van der Waals surface area contributed by atoms with E-state index in [1.54, 1.807) is 43.3 Å². The number of carbonyl (C=O) groups is 3. The lowest BCUT2D eigenvalue weighted by molar-refractivity contribution is -0.123. The SMILES string of the molecule is COC(=O)c1ccccc1NC(=O)C/C(C)=N/NC(=O)COc1ccc(C)cc1. The van der Waals surface area contributed by atoms with Crippen molar-refractivity contribution in [3.8, 4) is 5.75 Å². The van der Waals surface area contributed by atoms with Crippen molar-refractivity contribution in [3.05, 3.63) is 59.7 Å². The van der Waals surface area contributed by atoms with E-state index in [9.17, 15) is 14.4 Å². The van der Waals surface area contributed by atoms with Gasteiger partial charge in [-0.05, 0) is 38.1 Å². The van der Waals surface area contributed by atoms with Gasteiger partial charge < -0.3 is 14.8 Å². The number of para-hydroxylation sites is 1. The summed E-state index contributed by atoms with van der Waals surface area (Å²) in [5.41, 5.74) is 4.41. The Morgan fingerprint density at radius 1 is 1.00 bits per heavy atom. The molecule has 29 heavy (non-hydrogen) atoms. The molecule has 8 heteroatoms. The number of nitrogens with one attached hydrogen (secondary N) is 2. The van der Waals surface area contributed by atoms with E-state index in [0.29, 0.717) is 17.1 Å². The number of aryl methyl sites for hydroxylation is 1. The molecule has 0 heterocycles. The van der Waals surface area contributed by atoms with Crippen molar-refractivity contribution >= 4 is 29.2 Å².